The molecule has 4 rings (SSSR count). The standard InChI is InChI=1S/C28H33FN6O3.H2/c1-6-23(36)33-11-13-34(14-12-33)26(38)21-9-7-19(15-22(21)29)18(2)31-27-30-16-20-8-10-24(37)35(25(20)32-27)17-28(3,4)5;/h6-10,15-16,18H,1,11-14,17H2,2-5H3,(H,30,31,32);1H/t18-;/m0./s1. The van der Waals surface area contributed by atoms with E-state index in [-0.39, 0.29) is 29.9 Å². The fraction of sp³-hybridized carbons (Fsp3) is 0.393. The molecule has 1 fully saturated rings. The molecular formula is C28H35FN6O3. The van der Waals surface area contributed by atoms with Crippen LogP contribution in [0.1, 0.15) is 51.1 Å². The number of amides is 2. The topological polar surface area (TPSA) is 100 Å². The molecule has 1 N–H and O–H groups in total. The van der Waals surface area contributed by atoms with Crippen LogP contribution in [0.5, 0.6) is 0 Å². The first-order valence-corrected chi connectivity index (χ1v) is 12.6. The van der Waals surface area contributed by atoms with Crippen molar-refractivity contribution in [1.82, 2.24) is 24.3 Å². The average Bonchev–Trinajstić information content (AvgIpc) is 2.89. The molecule has 1 aliphatic rings. The zero-order valence-electron chi connectivity index (χ0n) is 22.2. The second-order valence-corrected chi connectivity index (χ2v) is 10.7. The summed E-state index contributed by atoms with van der Waals surface area (Å²) in [6.45, 7) is 13.4. The third-order valence-electron chi connectivity index (χ3n) is 6.48. The summed E-state index contributed by atoms with van der Waals surface area (Å²) in [4.78, 5) is 49.4. The van der Waals surface area contributed by atoms with Crippen LogP contribution in [0.2, 0.25) is 0 Å². The lowest BCUT2D eigenvalue weighted by Crippen LogP contribution is -2.50. The van der Waals surface area contributed by atoms with Gasteiger partial charge in [0, 0.05) is 51.8 Å². The van der Waals surface area contributed by atoms with Crippen LogP contribution in [0.4, 0.5) is 10.3 Å². The molecule has 3 aromatic rings. The quantitative estimate of drug-likeness (QED) is 0.494. The molecule has 38 heavy (non-hydrogen) atoms. The number of nitrogens with one attached hydrogen (secondary N) is 1. The van der Waals surface area contributed by atoms with Crippen LogP contribution in [0.15, 0.2) is 54.0 Å². The normalized spacial score (nSPS) is 14.9. The molecule has 0 aliphatic carbocycles. The van der Waals surface area contributed by atoms with Crippen LogP contribution in [0, 0.1) is 11.2 Å². The van der Waals surface area contributed by atoms with E-state index in [9.17, 15) is 14.4 Å². The van der Waals surface area contributed by atoms with Gasteiger partial charge in [-0.1, -0.05) is 33.4 Å². The Morgan fingerprint density at radius 3 is 2.47 bits per heavy atom. The van der Waals surface area contributed by atoms with E-state index in [1.807, 2.05) is 27.7 Å². The van der Waals surface area contributed by atoms with Crippen LogP contribution in [-0.2, 0) is 11.3 Å². The number of carbonyl (C=O) groups is 2. The number of benzene rings is 1. The van der Waals surface area contributed by atoms with E-state index in [2.05, 4.69) is 21.9 Å². The summed E-state index contributed by atoms with van der Waals surface area (Å²) in [5.74, 6) is -0.896. The molecule has 0 spiro atoms. The van der Waals surface area contributed by atoms with Crippen LogP contribution < -0.4 is 10.9 Å². The fourth-order valence-electron chi connectivity index (χ4n) is 4.45. The molecule has 3 heterocycles. The lowest BCUT2D eigenvalue weighted by Gasteiger charge is -2.34. The Labute approximate surface area is 222 Å². The number of rotatable bonds is 6. The molecule has 2 amide bonds. The van der Waals surface area contributed by atoms with Crippen molar-refractivity contribution >= 4 is 28.8 Å². The molecule has 0 unspecified atom stereocenters. The Hall–Kier alpha value is -4.08. The zero-order valence-corrected chi connectivity index (χ0v) is 22.2. The van der Waals surface area contributed by atoms with Gasteiger partial charge in [-0.25, -0.2) is 9.37 Å². The van der Waals surface area contributed by atoms with Crippen molar-refractivity contribution in [2.45, 2.75) is 40.3 Å². The highest BCUT2D eigenvalue weighted by molar-refractivity contribution is 5.95. The predicted octanol–water partition coefficient (Wildman–Crippen LogP) is 3.87. The maximum atomic E-state index is 15.1. The number of anilines is 1. The molecule has 9 nitrogen and oxygen atoms in total. The minimum atomic E-state index is -0.621. The second-order valence-electron chi connectivity index (χ2n) is 10.7. The van der Waals surface area contributed by atoms with Gasteiger partial charge in [0.2, 0.25) is 11.9 Å². The van der Waals surface area contributed by atoms with Gasteiger partial charge in [-0.05, 0) is 42.2 Å². The highest BCUT2D eigenvalue weighted by atomic mass is 19.1. The highest BCUT2D eigenvalue weighted by Crippen LogP contribution is 2.23. The summed E-state index contributed by atoms with van der Waals surface area (Å²) >= 11 is 0. The van der Waals surface area contributed by atoms with Crippen LogP contribution in [0.3, 0.4) is 0 Å². The maximum Gasteiger partial charge on any atom is 0.256 e. The minimum absolute atomic E-state index is 0. The molecule has 1 aromatic carbocycles. The maximum absolute atomic E-state index is 15.1. The number of fused-ring (bicyclic) bond motifs is 1. The second kappa shape index (κ2) is 10.7. The van der Waals surface area contributed by atoms with Crippen molar-refractivity contribution in [2.24, 2.45) is 5.41 Å². The van der Waals surface area contributed by atoms with Crippen molar-refractivity contribution < 1.29 is 15.4 Å². The summed E-state index contributed by atoms with van der Waals surface area (Å²) in [6.07, 6.45) is 2.90. The average molecular weight is 523 g/mol. The molecule has 1 saturated heterocycles. The summed E-state index contributed by atoms with van der Waals surface area (Å²) in [5, 5.41) is 3.92. The van der Waals surface area contributed by atoms with Crippen LogP contribution >= 0.6 is 0 Å². The van der Waals surface area contributed by atoms with Gasteiger partial charge in [0.15, 0.2) is 0 Å². The van der Waals surface area contributed by atoms with Gasteiger partial charge in [-0.3, -0.25) is 19.0 Å². The Kier molecular flexibility index (Phi) is 7.61. The number of hydrogen-bond donors (Lipinski definition) is 1. The number of halogens is 1. The van der Waals surface area contributed by atoms with Crippen molar-refractivity contribution in [3.8, 4) is 0 Å². The highest BCUT2D eigenvalue weighted by Gasteiger charge is 2.26. The van der Waals surface area contributed by atoms with E-state index in [0.29, 0.717) is 49.9 Å². The van der Waals surface area contributed by atoms with E-state index in [4.69, 9.17) is 0 Å². The fourth-order valence-corrected chi connectivity index (χ4v) is 4.45. The summed E-state index contributed by atoms with van der Waals surface area (Å²) < 4.78 is 16.7. The lowest BCUT2D eigenvalue weighted by molar-refractivity contribution is -0.127. The Bertz CT molecular complexity index is 1440. The number of hydrogen-bond acceptors (Lipinski definition) is 6. The van der Waals surface area contributed by atoms with Crippen molar-refractivity contribution in [3.63, 3.8) is 0 Å². The number of aromatic nitrogens is 3. The van der Waals surface area contributed by atoms with Gasteiger partial charge in [-0.2, -0.15) is 4.98 Å². The monoisotopic (exact) mass is 522 g/mol. The Morgan fingerprint density at radius 1 is 1.16 bits per heavy atom. The largest absolute Gasteiger partial charge is 0.348 e. The molecule has 1 atom stereocenters. The predicted molar refractivity (Wildman–Crippen MR) is 146 cm³/mol. The first kappa shape index (κ1) is 27.0. The summed E-state index contributed by atoms with van der Waals surface area (Å²) in [5.41, 5.74) is 0.860. The Balaban J connectivity index is 0.00000420. The molecular weight excluding hydrogens is 487 g/mol. The molecule has 2 aromatic heterocycles. The summed E-state index contributed by atoms with van der Waals surface area (Å²) in [7, 11) is 0. The number of piperazine rings is 1. The van der Waals surface area contributed by atoms with Crippen LogP contribution in [-0.4, -0.2) is 62.3 Å². The zero-order chi connectivity index (χ0) is 27.6. The third-order valence-corrected chi connectivity index (χ3v) is 6.48. The third kappa shape index (κ3) is 5.90. The first-order valence-electron chi connectivity index (χ1n) is 12.6. The van der Waals surface area contributed by atoms with E-state index in [0.717, 1.165) is 5.39 Å². The molecule has 0 radical (unpaired) electrons. The smallest absolute Gasteiger partial charge is 0.256 e. The van der Waals surface area contributed by atoms with Gasteiger partial charge in [0.05, 0.1) is 11.6 Å². The van der Waals surface area contributed by atoms with Crippen molar-refractivity contribution in [2.75, 3.05) is 31.5 Å². The minimum Gasteiger partial charge on any atom is -0.348 e. The van der Waals surface area contributed by atoms with Gasteiger partial charge in [0.1, 0.15) is 11.5 Å². The van der Waals surface area contributed by atoms with Gasteiger partial charge >= 0.3 is 0 Å². The van der Waals surface area contributed by atoms with Gasteiger partial charge < -0.3 is 15.1 Å². The van der Waals surface area contributed by atoms with Gasteiger partial charge in [-0.15, -0.1) is 0 Å². The molecule has 202 valence electrons. The van der Waals surface area contributed by atoms with Crippen LogP contribution in [0.25, 0.3) is 11.0 Å². The van der Waals surface area contributed by atoms with E-state index >= 15 is 4.39 Å². The molecule has 1 aliphatic heterocycles. The van der Waals surface area contributed by atoms with E-state index in [1.54, 1.807) is 32.7 Å². The summed E-state index contributed by atoms with van der Waals surface area (Å²) in [6, 6.07) is 7.35. The SMILES string of the molecule is C=CC(=O)N1CCN(C(=O)c2ccc([C@H](C)Nc3ncc4ccc(=O)n(CC(C)(C)C)c4n3)cc2F)CC1.[HH]. The Morgan fingerprint density at radius 2 is 1.84 bits per heavy atom. The molecule has 10 heteroatoms. The van der Waals surface area contributed by atoms with Gasteiger partial charge in [0.25, 0.3) is 11.5 Å². The number of nitrogens with zero attached hydrogens (tertiary/aromatic N) is 5. The lowest BCUT2D eigenvalue weighted by atomic mass is 9.97. The number of pyridine rings is 1. The van der Waals surface area contributed by atoms with Crippen molar-refractivity contribution in [3.05, 3.63) is 76.5 Å². The molecule has 0 saturated carbocycles. The van der Waals surface area contributed by atoms with E-state index in [1.165, 1.54) is 24.3 Å². The first-order chi connectivity index (χ1) is 18.0. The number of carbonyl (C=O) groups excluding carboxylic acids is 2. The van der Waals surface area contributed by atoms with Crippen molar-refractivity contribution in [1.29, 1.82) is 0 Å². The molecule has 0 bridgehead atoms. The van der Waals surface area contributed by atoms with E-state index < -0.39 is 11.7 Å².